The van der Waals surface area contributed by atoms with Gasteiger partial charge in [-0.15, -0.1) is 5.10 Å². The lowest BCUT2D eigenvalue weighted by Gasteiger charge is -2.18. The number of benzene rings is 3. The van der Waals surface area contributed by atoms with E-state index < -0.39 is 7.14 Å². The quantitative estimate of drug-likeness (QED) is 0.341. The van der Waals surface area contributed by atoms with Crippen LogP contribution in [0.15, 0.2) is 91.0 Å². The van der Waals surface area contributed by atoms with Crippen molar-refractivity contribution in [3.63, 3.8) is 0 Å². The van der Waals surface area contributed by atoms with Crippen LogP contribution >= 0.6 is 7.14 Å². The average molecular weight is 403 g/mol. The third-order valence-corrected chi connectivity index (χ3v) is 7.68. The summed E-state index contributed by atoms with van der Waals surface area (Å²) in [6, 6.07) is 26.9. The average Bonchev–Trinajstić information content (AvgIpc) is 3.22. The van der Waals surface area contributed by atoms with Gasteiger partial charge in [0.15, 0.2) is 0 Å². The van der Waals surface area contributed by atoms with Gasteiger partial charge in [0.2, 0.25) is 5.88 Å². The molecule has 0 saturated carbocycles. The Morgan fingerprint density at radius 1 is 0.931 bits per heavy atom. The molecule has 0 aliphatic rings. The van der Waals surface area contributed by atoms with Crippen LogP contribution in [0.4, 0.5) is 0 Å². The van der Waals surface area contributed by atoms with Gasteiger partial charge >= 0.3 is 0 Å². The van der Waals surface area contributed by atoms with Crippen LogP contribution in [0.2, 0.25) is 0 Å². The van der Waals surface area contributed by atoms with Crippen LogP contribution < -0.4 is 10.6 Å². The van der Waals surface area contributed by atoms with Gasteiger partial charge in [0, 0.05) is 16.8 Å². The number of allylic oxidation sites excluding steroid dienone is 1. The van der Waals surface area contributed by atoms with Crippen molar-refractivity contribution in [3.05, 3.63) is 91.0 Å². The zero-order valence-electron chi connectivity index (χ0n) is 16.2. The Morgan fingerprint density at radius 2 is 1.52 bits per heavy atom. The SMILES string of the molecule is CCO/C(=C\CP(=O)(c1ccccc1)c1ccccc1)n1nnc2ccccc21. The van der Waals surface area contributed by atoms with E-state index in [1.807, 2.05) is 97.9 Å². The normalized spacial score (nSPS) is 12.2. The predicted octanol–water partition coefficient (Wildman–Crippen LogP) is 4.28. The van der Waals surface area contributed by atoms with Crippen molar-refractivity contribution in [2.75, 3.05) is 12.8 Å². The van der Waals surface area contributed by atoms with Gasteiger partial charge in [-0.1, -0.05) is 78.0 Å². The molecular formula is C23H22N3O2P. The van der Waals surface area contributed by atoms with E-state index in [4.69, 9.17) is 4.74 Å². The van der Waals surface area contributed by atoms with Gasteiger partial charge in [-0.2, -0.15) is 4.68 Å². The van der Waals surface area contributed by atoms with E-state index in [2.05, 4.69) is 10.3 Å². The number of rotatable bonds is 7. The second-order valence-corrected chi connectivity index (χ2v) is 9.44. The molecule has 0 amide bonds. The molecule has 3 aromatic carbocycles. The van der Waals surface area contributed by atoms with Gasteiger partial charge in [-0.05, 0) is 25.1 Å². The number of hydrogen-bond acceptors (Lipinski definition) is 4. The van der Waals surface area contributed by atoms with Crippen molar-refractivity contribution >= 4 is 34.7 Å². The fraction of sp³-hybridized carbons (Fsp3) is 0.130. The van der Waals surface area contributed by atoms with Crippen molar-refractivity contribution in [2.45, 2.75) is 6.92 Å². The summed E-state index contributed by atoms with van der Waals surface area (Å²) in [4.78, 5) is 0. The highest BCUT2D eigenvalue weighted by atomic mass is 31.2. The summed E-state index contributed by atoms with van der Waals surface area (Å²) in [6.45, 7) is 2.39. The number of nitrogens with zero attached hydrogens (tertiary/aromatic N) is 3. The summed E-state index contributed by atoms with van der Waals surface area (Å²) in [6.07, 6.45) is 2.19. The molecule has 146 valence electrons. The van der Waals surface area contributed by atoms with E-state index in [1.165, 1.54) is 0 Å². The van der Waals surface area contributed by atoms with Gasteiger partial charge in [0.1, 0.15) is 12.7 Å². The van der Waals surface area contributed by atoms with Crippen LogP contribution in [0.1, 0.15) is 6.92 Å². The minimum absolute atomic E-state index is 0.324. The monoisotopic (exact) mass is 403 g/mol. The molecule has 0 bridgehead atoms. The van der Waals surface area contributed by atoms with Crippen molar-refractivity contribution in [3.8, 4) is 0 Å². The molecule has 1 heterocycles. The van der Waals surface area contributed by atoms with E-state index in [0.717, 1.165) is 21.6 Å². The number of hydrogen-bond donors (Lipinski definition) is 0. The fourth-order valence-electron chi connectivity index (χ4n) is 3.29. The molecule has 4 aromatic rings. The second kappa shape index (κ2) is 8.46. The lowest BCUT2D eigenvalue weighted by atomic mass is 10.3. The highest BCUT2D eigenvalue weighted by Gasteiger charge is 2.26. The molecule has 0 spiro atoms. The second-order valence-electron chi connectivity index (χ2n) is 6.56. The van der Waals surface area contributed by atoms with Gasteiger partial charge in [-0.3, -0.25) is 0 Å². The summed E-state index contributed by atoms with van der Waals surface area (Å²) in [5.41, 5.74) is 1.63. The lowest BCUT2D eigenvalue weighted by molar-refractivity contribution is 0.272. The lowest BCUT2D eigenvalue weighted by Crippen LogP contribution is -2.18. The maximum Gasteiger partial charge on any atom is 0.212 e. The van der Waals surface area contributed by atoms with Crippen LogP contribution in [-0.4, -0.2) is 27.8 Å². The molecular weight excluding hydrogens is 381 g/mol. The van der Waals surface area contributed by atoms with Crippen LogP contribution in [0, 0.1) is 0 Å². The van der Waals surface area contributed by atoms with E-state index >= 15 is 0 Å². The first-order valence-electron chi connectivity index (χ1n) is 9.56. The topological polar surface area (TPSA) is 57.0 Å². The summed E-state index contributed by atoms with van der Waals surface area (Å²) in [5.74, 6) is 0.535. The standard InChI is InChI=1S/C23H22N3O2P/c1-2-28-23(26-22-16-10-9-15-21(22)24-25-26)17-18-29(27,19-11-5-3-6-12-19)20-13-7-4-8-14-20/h3-17H,2,18H2,1H3/b23-17-. The highest BCUT2D eigenvalue weighted by Crippen LogP contribution is 2.43. The molecule has 0 saturated heterocycles. The maximum atomic E-state index is 14.2. The molecule has 0 N–H and O–H groups in total. The Labute approximate surface area is 170 Å². The first-order chi connectivity index (χ1) is 14.2. The summed E-state index contributed by atoms with van der Waals surface area (Å²) < 4.78 is 21.7. The van der Waals surface area contributed by atoms with Crippen LogP contribution in [0.3, 0.4) is 0 Å². The molecule has 0 aliphatic carbocycles. The fourth-order valence-corrected chi connectivity index (χ4v) is 5.73. The van der Waals surface area contributed by atoms with Crippen LogP contribution in [0.25, 0.3) is 16.9 Å². The highest BCUT2D eigenvalue weighted by molar-refractivity contribution is 7.78. The Balaban J connectivity index is 1.78. The molecule has 6 heteroatoms. The van der Waals surface area contributed by atoms with Gasteiger partial charge in [0.05, 0.1) is 12.1 Å². The molecule has 0 radical (unpaired) electrons. The Morgan fingerprint density at radius 3 is 2.14 bits per heavy atom. The zero-order chi connectivity index (χ0) is 20.1. The minimum atomic E-state index is -2.88. The predicted molar refractivity (Wildman–Crippen MR) is 118 cm³/mol. The molecule has 0 fully saturated rings. The Kier molecular flexibility index (Phi) is 5.59. The van der Waals surface area contributed by atoms with E-state index in [9.17, 15) is 4.57 Å². The first-order valence-corrected chi connectivity index (χ1v) is 11.5. The van der Waals surface area contributed by atoms with Crippen LogP contribution in [-0.2, 0) is 9.30 Å². The molecule has 29 heavy (non-hydrogen) atoms. The number of ether oxygens (including phenoxy) is 1. The van der Waals surface area contributed by atoms with Gasteiger partial charge in [0.25, 0.3) is 0 Å². The van der Waals surface area contributed by atoms with E-state index in [-0.39, 0.29) is 0 Å². The summed E-state index contributed by atoms with van der Waals surface area (Å²) in [5, 5.41) is 10.1. The largest absolute Gasteiger partial charge is 0.478 e. The third kappa shape index (κ3) is 3.87. The van der Waals surface area contributed by atoms with Crippen molar-refractivity contribution in [2.24, 2.45) is 0 Å². The smallest absolute Gasteiger partial charge is 0.212 e. The summed E-state index contributed by atoms with van der Waals surface area (Å²) >= 11 is 0. The Hall–Kier alpha value is -3.17. The number of fused-ring (bicyclic) bond motifs is 1. The van der Waals surface area contributed by atoms with Crippen molar-refractivity contribution in [1.29, 1.82) is 0 Å². The maximum absolute atomic E-state index is 14.2. The first kappa shape index (κ1) is 19.2. The molecule has 4 rings (SSSR count). The third-order valence-electron chi connectivity index (χ3n) is 4.72. The Bertz CT molecular complexity index is 1130. The molecule has 0 aliphatic heterocycles. The molecule has 0 atom stereocenters. The zero-order valence-corrected chi connectivity index (χ0v) is 17.1. The van der Waals surface area contributed by atoms with Crippen molar-refractivity contribution in [1.82, 2.24) is 15.0 Å². The van der Waals surface area contributed by atoms with E-state index in [1.54, 1.807) is 4.68 Å². The minimum Gasteiger partial charge on any atom is -0.478 e. The number of para-hydroxylation sites is 1. The van der Waals surface area contributed by atoms with Gasteiger partial charge in [-0.25, -0.2) is 0 Å². The number of aromatic nitrogens is 3. The van der Waals surface area contributed by atoms with Crippen LogP contribution in [0.5, 0.6) is 0 Å². The van der Waals surface area contributed by atoms with Gasteiger partial charge < -0.3 is 9.30 Å². The van der Waals surface area contributed by atoms with E-state index in [0.29, 0.717) is 18.7 Å². The van der Waals surface area contributed by atoms with Crippen molar-refractivity contribution < 1.29 is 9.30 Å². The summed E-state index contributed by atoms with van der Waals surface area (Å²) in [7, 11) is -2.88. The molecule has 1 aromatic heterocycles. The molecule has 5 nitrogen and oxygen atoms in total. The molecule has 0 unspecified atom stereocenters.